The first-order valence-electron chi connectivity index (χ1n) is 16.0. The molecule has 0 saturated carbocycles. The SMILES string of the molecule is O=C1NC[C@H]2O[C@H](CCOc3ccccc3C(=O)N3CCN(Cc4ncc[nH]4)C[C@@H]13)CC[C@H]2n1cc(CN2CCOCC2)nn1. The van der Waals surface area contributed by atoms with Crippen molar-refractivity contribution in [2.75, 3.05) is 59.1 Å². The first-order valence-corrected chi connectivity index (χ1v) is 16.0. The topological polar surface area (TPSA) is 143 Å². The van der Waals surface area contributed by atoms with Crippen LogP contribution in [0.25, 0.3) is 0 Å². The average molecular weight is 620 g/mol. The van der Waals surface area contributed by atoms with Crippen LogP contribution in [0.4, 0.5) is 0 Å². The highest BCUT2D eigenvalue weighted by atomic mass is 16.5. The van der Waals surface area contributed by atoms with E-state index < -0.39 is 6.04 Å². The zero-order chi connectivity index (χ0) is 30.6. The fourth-order valence-electron chi connectivity index (χ4n) is 6.77. The molecule has 3 fully saturated rings. The quantitative estimate of drug-likeness (QED) is 0.422. The minimum Gasteiger partial charge on any atom is -0.493 e. The number of fused-ring (bicyclic) bond motifs is 4. The molecule has 2 amide bonds. The summed E-state index contributed by atoms with van der Waals surface area (Å²) in [6.07, 6.45) is 7.50. The zero-order valence-electron chi connectivity index (χ0n) is 25.4. The van der Waals surface area contributed by atoms with Gasteiger partial charge in [-0.1, -0.05) is 17.3 Å². The number of hydrogen-bond acceptors (Lipinski definition) is 10. The van der Waals surface area contributed by atoms with E-state index in [-0.39, 0.29) is 30.1 Å². The van der Waals surface area contributed by atoms with Gasteiger partial charge in [0.05, 0.1) is 62.1 Å². The van der Waals surface area contributed by atoms with Gasteiger partial charge in [0.15, 0.2) is 0 Å². The molecule has 4 atom stereocenters. The Morgan fingerprint density at radius 1 is 0.956 bits per heavy atom. The standard InChI is InChI=1S/C31H41N9O5/c41-30-26-20-38(21-29-32-8-9-33-29)10-11-39(26)31(42)24-3-1-2-4-27(24)44-14-7-23-5-6-25(28(45-23)17-34-30)40-19-22(35-36-40)18-37-12-15-43-16-13-37/h1-4,8-9,19,23,25-26,28H,5-7,10-18,20-21H2,(H,32,33)(H,34,41)/t23-,25+,26-,28+/m0/s1. The van der Waals surface area contributed by atoms with E-state index in [1.165, 1.54) is 0 Å². The Balaban J connectivity index is 1.11. The number of hydrogen-bond donors (Lipinski definition) is 2. The molecule has 0 spiro atoms. The van der Waals surface area contributed by atoms with Crippen LogP contribution in [0.5, 0.6) is 5.75 Å². The maximum atomic E-state index is 14.0. The molecule has 7 rings (SSSR count). The largest absolute Gasteiger partial charge is 0.493 e. The number of benzene rings is 1. The highest BCUT2D eigenvalue weighted by molar-refractivity contribution is 6.00. The van der Waals surface area contributed by atoms with Gasteiger partial charge in [0, 0.05) is 64.6 Å². The molecule has 0 unspecified atom stereocenters. The predicted octanol–water partition coefficient (Wildman–Crippen LogP) is 0.848. The van der Waals surface area contributed by atoms with Crippen LogP contribution in [0.1, 0.15) is 47.2 Å². The fourth-order valence-corrected chi connectivity index (χ4v) is 6.77. The number of amides is 2. The number of ether oxygens (including phenoxy) is 3. The molecule has 3 saturated heterocycles. The number of nitrogens with one attached hydrogen (secondary N) is 2. The van der Waals surface area contributed by atoms with E-state index in [2.05, 4.69) is 35.4 Å². The third-order valence-electron chi connectivity index (χ3n) is 9.22. The molecule has 0 radical (unpaired) electrons. The number of H-pyrrole nitrogens is 1. The summed E-state index contributed by atoms with van der Waals surface area (Å²) in [6.45, 7) is 6.62. The molecule has 1 aromatic carbocycles. The van der Waals surface area contributed by atoms with Crippen LogP contribution in [0, 0.1) is 0 Å². The van der Waals surface area contributed by atoms with Crippen LogP contribution >= 0.6 is 0 Å². The van der Waals surface area contributed by atoms with Crippen molar-refractivity contribution >= 4 is 11.8 Å². The van der Waals surface area contributed by atoms with Crippen LogP contribution in [-0.2, 0) is 27.4 Å². The third-order valence-corrected chi connectivity index (χ3v) is 9.22. The van der Waals surface area contributed by atoms with Gasteiger partial charge in [-0.05, 0) is 25.0 Å². The molecule has 2 aromatic heterocycles. The van der Waals surface area contributed by atoms with Gasteiger partial charge in [-0.2, -0.15) is 0 Å². The van der Waals surface area contributed by atoms with Crippen LogP contribution in [0.2, 0.25) is 0 Å². The lowest BCUT2D eigenvalue weighted by atomic mass is 9.96. The summed E-state index contributed by atoms with van der Waals surface area (Å²) < 4.78 is 20.2. The monoisotopic (exact) mass is 619 g/mol. The summed E-state index contributed by atoms with van der Waals surface area (Å²) in [6, 6.07) is 6.52. The van der Waals surface area contributed by atoms with Gasteiger partial charge in [0.25, 0.3) is 5.91 Å². The molecule has 6 heterocycles. The molecular weight excluding hydrogens is 578 g/mol. The van der Waals surface area contributed by atoms with Crippen molar-refractivity contribution in [1.29, 1.82) is 0 Å². The van der Waals surface area contributed by atoms with Gasteiger partial charge < -0.3 is 29.4 Å². The van der Waals surface area contributed by atoms with Crippen molar-refractivity contribution in [3.8, 4) is 5.75 Å². The van der Waals surface area contributed by atoms with Gasteiger partial charge in [-0.25, -0.2) is 9.67 Å². The van der Waals surface area contributed by atoms with E-state index in [0.717, 1.165) is 57.2 Å². The van der Waals surface area contributed by atoms with Crippen LogP contribution in [-0.4, -0.2) is 129 Å². The van der Waals surface area contributed by atoms with E-state index in [9.17, 15) is 9.59 Å². The molecule has 2 bridgehead atoms. The number of aromatic amines is 1. The Morgan fingerprint density at radius 2 is 1.84 bits per heavy atom. The summed E-state index contributed by atoms with van der Waals surface area (Å²) in [4.78, 5) is 41.6. The summed E-state index contributed by atoms with van der Waals surface area (Å²) >= 11 is 0. The molecule has 2 N–H and O–H groups in total. The maximum absolute atomic E-state index is 14.0. The third kappa shape index (κ3) is 6.88. The van der Waals surface area contributed by atoms with Crippen molar-refractivity contribution in [3.63, 3.8) is 0 Å². The lowest BCUT2D eigenvalue weighted by molar-refractivity contribution is -0.130. The minimum absolute atomic E-state index is 0.0414. The highest BCUT2D eigenvalue weighted by Crippen LogP contribution is 2.31. The molecule has 45 heavy (non-hydrogen) atoms. The molecule has 4 aliphatic heterocycles. The van der Waals surface area contributed by atoms with Crippen molar-refractivity contribution in [3.05, 3.63) is 59.9 Å². The Bertz CT molecular complexity index is 1440. The van der Waals surface area contributed by atoms with Crippen molar-refractivity contribution < 1.29 is 23.8 Å². The van der Waals surface area contributed by atoms with Crippen molar-refractivity contribution in [2.24, 2.45) is 0 Å². The summed E-state index contributed by atoms with van der Waals surface area (Å²) in [7, 11) is 0. The number of carbonyl (C=O) groups is 2. The number of para-hydroxylation sites is 1. The Hall–Kier alpha value is -3.85. The van der Waals surface area contributed by atoms with E-state index in [1.54, 1.807) is 23.4 Å². The average Bonchev–Trinajstić information content (AvgIpc) is 3.76. The molecule has 14 heteroatoms. The van der Waals surface area contributed by atoms with E-state index >= 15 is 0 Å². The first kappa shape index (κ1) is 29.8. The smallest absolute Gasteiger partial charge is 0.258 e. The van der Waals surface area contributed by atoms with E-state index in [0.29, 0.717) is 57.1 Å². The van der Waals surface area contributed by atoms with Crippen molar-refractivity contribution in [1.82, 2.24) is 45.0 Å². The normalized spacial score (nSPS) is 27.2. The lowest BCUT2D eigenvalue weighted by Gasteiger charge is -2.41. The number of carbonyl (C=O) groups excluding carboxylic acids is 2. The minimum atomic E-state index is -0.693. The molecule has 14 nitrogen and oxygen atoms in total. The Kier molecular flexibility index (Phi) is 9.05. The first-order chi connectivity index (χ1) is 22.1. The summed E-state index contributed by atoms with van der Waals surface area (Å²) in [5.74, 6) is 0.932. The number of nitrogens with zero attached hydrogens (tertiary/aromatic N) is 7. The van der Waals surface area contributed by atoms with Crippen molar-refractivity contribution in [2.45, 2.75) is 56.6 Å². The molecular formula is C31H41N9O5. The summed E-state index contributed by atoms with van der Waals surface area (Å²) in [5.41, 5.74) is 1.37. The molecule has 3 aromatic rings. The second-order valence-electron chi connectivity index (χ2n) is 12.2. The van der Waals surface area contributed by atoms with Crippen LogP contribution < -0.4 is 10.1 Å². The maximum Gasteiger partial charge on any atom is 0.258 e. The van der Waals surface area contributed by atoms with E-state index in [4.69, 9.17) is 14.2 Å². The zero-order valence-corrected chi connectivity index (χ0v) is 25.4. The van der Waals surface area contributed by atoms with Crippen LogP contribution in [0.3, 0.4) is 0 Å². The summed E-state index contributed by atoms with van der Waals surface area (Å²) in [5, 5.41) is 12.1. The second kappa shape index (κ2) is 13.6. The van der Waals surface area contributed by atoms with Gasteiger partial charge in [0.2, 0.25) is 5.91 Å². The van der Waals surface area contributed by atoms with Gasteiger partial charge >= 0.3 is 0 Å². The number of piperazine rings is 1. The van der Waals surface area contributed by atoms with Gasteiger partial charge in [-0.3, -0.25) is 19.4 Å². The number of rotatable bonds is 5. The molecule has 0 aliphatic carbocycles. The number of aromatic nitrogens is 5. The molecule has 240 valence electrons. The fraction of sp³-hybridized carbons (Fsp3) is 0.581. The highest BCUT2D eigenvalue weighted by Gasteiger charge is 2.39. The molecule has 4 aliphatic rings. The van der Waals surface area contributed by atoms with Gasteiger partial charge in [0.1, 0.15) is 17.6 Å². The second-order valence-corrected chi connectivity index (χ2v) is 12.2. The van der Waals surface area contributed by atoms with Gasteiger partial charge in [-0.15, -0.1) is 5.10 Å². The Labute approximate surface area is 262 Å². The number of imidazole rings is 1. The predicted molar refractivity (Wildman–Crippen MR) is 161 cm³/mol. The Morgan fingerprint density at radius 3 is 2.71 bits per heavy atom. The van der Waals surface area contributed by atoms with Crippen LogP contribution in [0.15, 0.2) is 42.9 Å². The number of morpholine rings is 1. The lowest BCUT2D eigenvalue weighted by Crippen LogP contribution is -2.61. The van der Waals surface area contributed by atoms with E-state index in [1.807, 2.05) is 29.1 Å².